The van der Waals surface area contributed by atoms with E-state index in [1.165, 1.54) is 10.4 Å². The molecule has 0 atom stereocenters. The fourth-order valence-corrected chi connectivity index (χ4v) is 4.35. The smallest absolute Gasteiger partial charge is 0.225 e. The number of hydrogen-bond donors (Lipinski definition) is 0. The van der Waals surface area contributed by atoms with E-state index in [0.717, 1.165) is 35.5 Å². The highest BCUT2D eigenvalue weighted by molar-refractivity contribution is 7.16. The first-order valence-corrected chi connectivity index (χ1v) is 8.16. The minimum Gasteiger partial charge on any atom is -0.351 e. The highest BCUT2D eigenvalue weighted by atomic mass is 35.5. The van der Waals surface area contributed by atoms with E-state index >= 15 is 0 Å². The first-order chi connectivity index (χ1) is 9.31. The zero-order valence-corrected chi connectivity index (χ0v) is 12.4. The van der Waals surface area contributed by atoms with Crippen molar-refractivity contribution in [1.82, 2.24) is 9.97 Å². The molecule has 0 spiro atoms. The fraction of sp³-hybridized carbons (Fsp3) is 0.231. The number of nitrogens with zero attached hydrogens (tertiary/aromatic N) is 3. The number of rotatable bonds is 1. The Balaban J connectivity index is 1.81. The van der Waals surface area contributed by atoms with Crippen molar-refractivity contribution < 1.29 is 0 Å². The second kappa shape index (κ2) is 4.44. The van der Waals surface area contributed by atoms with Crippen LogP contribution >= 0.6 is 34.3 Å². The van der Waals surface area contributed by atoms with Gasteiger partial charge in [0.05, 0.1) is 5.39 Å². The zero-order valence-electron chi connectivity index (χ0n) is 9.97. The van der Waals surface area contributed by atoms with Crippen LogP contribution < -0.4 is 4.90 Å². The van der Waals surface area contributed by atoms with Gasteiger partial charge in [-0.3, -0.25) is 0 Å². The highest BCUT2D eigenvalue weighted by Gasteiger charge is 2.21. The molecule has 0 aromatic carbocycles. The van der Waals surface area contributed by atoms with Gasteiger partial charge in [0, 0.05) is 18.0 Å². The molecule has 3 aromatic heterocycles. The summed E-state index contributed by atoms with van der Waals surface area (Å²) in [5.74, 6) is 0.966. The Morgan fingerprint density at radius 1 is 1.16 bits per heavy atom. The van der Waals surface area contributed by atoms with Crippen LogP contribution in [0.2, 0.25) is 5.28 Å². The first kappa shape index (κ1) is 11.6. The lowest BCUT2D eigenvalue weighted by molar-refractivity contribution is 0.734. The molecule has 3 nitrogen and oxygen atoms in total. The van der Waals surface area contributed by atoms with Crippen molar-refractivity contribution in [3.05, 3.63) is 38.6 Å². The molecule has 0 aliphatic carbocycles. The number of hydrogen-bond acceptors (Lipinski definition) is 5. The quantitative estimate of drug-likeness (QED) is 0.637. The minimum atomic E-state index is 0.334. The highest BCUT2D eigenvalue weighted by Crippen LogP contribution is 2.33. The third-order valence-corrected chi connectivity index (χ3v) is 5.38. The summed E-state index contributed by atoms with van der Waals surface area (Å²) < 4.78 is 0. The summed E-state index contributed by atoms with van der Waals surface area (Å²) in [7, 11) is 0. The lowest BCUT2D eigenvalue weighted by Gasteiger charge is -2.28. The van der Waals surface area contributed by atoms with Gasteiger partial charge in [-0.2, -0.15) is 4.98 Å². The normalized spacial score (nSPS) is 14.9. The molecule has 0 fully saturated rings. The van der Waals surface area contributed by atoms with Gasteiger partial charge < -0.3 is 4.90 Å². The van der Waals surface area contributed by atoms with E-state index in [1.54, 1.807) is 11.3 Å². The van der Waals surface area contributed by atoms with Crippen LogP contribution in [0.3, 0.4) is 0 Å². The summed E-state index contributed by atoms with van der Waals surface area (Å²) in [5, 5.41) is 5.65. The standard InChI is InChI=1S/C13H10ClN3S2/c14-13-15-11(9-3-6-19-12(9)16-13)17-4-1-10-8(7-17)2-5-18-10/h2-3,5-6H,1,4,7H2. The second-order valence-corrected chi connectivity index (χ2v) is 6.73. The molecule has 0 radical (unpaired) electrons. The Kier molecular flexibility index (Phi) is 2.72. The van der Waals surface area contributed by atoms with E-state index in [-0.39, 0.29) is 0 Å². The molecular formula is C13H10ClN3S2. The molecule has 6 heteroatoms. The van der Waals surface area contributed by atoms with Crippen LogP contribution in [0.25, 0.3) is 10.2 Å². The topological polar surface area (TPSA) is 29.0 Å². The van der Waals surface area contributed by atoms with E-state index in [4.69, 9.17) is 11.6 Å². The minimum absolute atomic E-state index is 0.334. The van der Waals surface area contributed by atoms with Crippen molar-refractivity contribution in [2.45, 2.75) is 13.0 Å². The molecule has 1 aliphatic rings. The molecule has 4 heterocycles. The van der Waals surface area contributed by atoms with Crippen LogP contribution in [0.5, 0.6) is 0 Å². The summed E-state index contributed by atoms with van der Waals surface area (Å²) in [4.78, 5) is 13.5. The van der Waals surface area contributed by atoms with Crippen LogP contribution in [-0.2, 0) is 13.0 Å². The predicted octanol–water partition coefficient (Wildman–Crippen LogP) is 3.97. The van der Waals surface area contributed by atoms with Crippen molar-refractivity contribution in [2.75, 3.05) is 11.4 Å². The zero-order chi connectivity index (χ0) is 12.8. The van der Waals surface area contributed by atoms with Crippen molar-refractivity contribution in [2.24, 2.45) is 0 Å². The Hall–Kier alpha value is -1.17. The SMILES string of the molecule is Clc1nc(N2CCc3sccc3C2)c2ccsc2n1. The Labute approximate surface area is 123 Å². The van der Waals surface area contributed by atoms with Crippen LogP contribution in [-0.4, -0.2) is 16.5 Å². The van der Waals surface area contributed by atoms with Gasteiger partial charge >= 0.3 is 0 Å². The summed E-state index contributed by atoms with van der Waals surface area (Å²) in [6.07, 6.45) is 1.08. The van der Waals surface area contributed by atoms with Crippen molar-refractivity contribution in [3.63, 3.8) is 0 Å². The molecule has 1 aliphatic heterocycles. The van der Waals surface area contributed by atoms with E-state index in [2.05, 4.69) is 32.4 Å². The second-order valence-electron chi connectivity index (χ2n) is 4.50. The third-order valence-electron chi connectivity index (χ3n) is 3.38. The predicted molar refractivity (Wildman–Crippen MR) is 81.5 cm³/mol. The van der Waals surface area contributed by atoms with Crippen LogP contribution in [0, 0.1) is 0 Å². The molecule has 0 saturated carbocycles. The Bertz CT molecular complexity index is 749. The Morgan fingerprint density at radius 3 is 3.00 bits per heavy atom. The average Bonchev–Trinajstić information content (AvgIpc) is 3.04. The molecule has 3 aromatic rings. The summed E-state index contributed by atoms with van der Waals surface area (Å²) in [6.45, 7) is 1.91. The lowest BCUT2D eigenvalue weighted by atomic mass is 10.1. The first-order valence-electron chi connectivity index (χ1n) is 6.02. The molecule has 4 rings (SSSR count). The van der Waals surface area contributed by atoms with Gasteiger partial charge in [0.2, 0.25) is 5.28 Å². The summed E-state index contributed by atoms with van der Waals surface area (Å²) in [5.41, 5.74) is 1.41. The molecule has 0 bridgehead atoms. The maximum Gasteiger partial charge on any atom is 0.225 e. The van der Waals surface area contributed by atoms with Gasteiger partial charge in [0.25, 0.3) is 0 Å². The number of anilines is 1. The van der Waals surface area contributed by atoms with Gasteiger partial charge in [-0.05, 0) is 46.5 Å². The molecule has 96 valence electrons. The van der Waals surface area contributed by atoms with Gasteiger partial charge in [-0.25, -0.2) is 4.98 Å². The largest absolute Gasteiger partial charge is 0.351 e. The van der Waals surface area contributed by atoms with Crippen molar-refractivity contribution in [3.8, 4) is 0 Å². The monoisotopic (exact) mass is 307 g/mol. The molecule has 0 amide bonds. The maximum atomic E-state index is 6.04. The molecule has 0 unspecified atom stereocenters. The number of aromatic nitrogens is 2. The molecule has 0 saturated heterocycles. The van der Waals surface area contributed by atoms with E-state index < -0.39 is 0 Å². The number of halogens is 1. The number of fused-ring (bicyclic) bond motifs is 2. The van der Waals surface area contributed by atoms with Gasteiger partial charge in [0.15, 0.2) is 0 Å². The third kappa shape index (κ3) is 1.93. The van der Waals surface area contributed by atoms with Crippen molar-refractivity contribution in [1.29, 1.82) is 0 Å². The van der Waals surface area contributed by atoms with E-state index in [1.807, 2.05) is 16.7 Å². The Morgan fingerprint density at radius 2 is 2.05 bits per heavy atom. The number of thiophene rings is 2. The maximum absolute atomic E-state index is 6.04. The van der Waals surface area contributed by atoms with E-state index in [0.29, 0.717) is 5.28 Å². The van der Waals surface area contributed by atoms with E-state index in [9.17, 15) is 0 Å². The fourth-order valence-electron chi connectivity index (χ4n) is 2.48. The van der Waals surface area contributed by atoms with Gasteiger partial charge in [-0.15, -0.1) is 22.7 Å². The van der Waals surface area contributed by atoms with Crippen molar-refractivity contribution >= 4 is 50.3 Å². The summed E-state index contributed by atoms with van der Waals surface area (Å²) >= 11 is 9.49. The molecule has 0 N–H and O–H groups in total. The van der Waals surface area contributed by atoms with Crippen LogP contribution in [0.1, 0.15) is 10.4 Å². The van der Waals surface area contributed by atoms with Gasteiger partial charge in [-0.1, -0.05) is 0 Å². The van der Waals surface area contributed by atoms with Crippen LogP contribution in [0.4, 0.5) is 5.82 Å². The molecular weight excluding hydrogens is 298 g/mol. The average molecular weight is 308 g/mol. The summed E-state index contributed by atoms with van der Waals surface area (Å²) in [6, 6.07) is 4.29. The lowest BCUT2D eigenvalue weighted by Crippen LogP contribution is -2.30. The van der Waals surface area contributed by atoms with Gasteiger partial charge in [0.1, 0.15) is 10.6 Å². The van der Waals surface area contributed by atoms with Crippen LogP contribution in [0.15, 0.2) is 22.9 Å². The molecule has 19 heavy (non-hydrogen) atoms.